The van der Waals surface area contributed by atoms with Crippen molar-refractivity contribution in [1.82, 2.24) is 9.55 Å². The van der Waals surface area contributed by atoms with E-state index in [0.717, 1.165) is 17.6 Å². The third kappa shape index (κ3) is 2.54. The molecule has 98 valence electrons. The van der Waals surface area contributed by atoms with Gasteiger partial charge in [0.2, 0.25) is 5.95 Å². The Hall–Kier alpha value is -2.04. The predicted molar refractivity (Wildman–Crippen MR) is 80.3 cm³/mol. The van der Waals surface area contributed by atoms with Gasteiger partial charge in [0.05, 0.1) is 17.6 Å². The maximum atomic E-state index is 5.53. The summed E-state index contributed by atoms with van der Waals surface area (Å²) in [6.45, 7) is 0.751. The summed E-state index contributed by atoms with van der Waals surface area (Å²) in [5, 5.41) is 0. The standard InChI is InChI=1S/C14H14N4.ClH/c15-17-14-16-12-8-4-5-9-13(12)18(14)10-11-6-2-1-3-7-11;/h1-9H,10,15H2,(H,16,17);1H. The van der Waals surface area contributed by atoms with E-state index in [4.69, 9.17) is 5.84 Å². The van der Waals surface area contributed by atoms with Crippen LogP contribution in [0.15, 0.2) is 54.6 Å². The van der Waals surface area contributed by atoms with Crippen LogP contribution in [-0.4, -0.2) is 9.55 Å². The van der Waals surface area contributed by atoms with Gasteiger partial charge in [-0.25, -0.2) is 10.8 Å². The van der Waals surface area contributed by atoms with Gasteiger partial charge < -0.3 is 4.57 Å². The van der Waals surface area contributed by atoms with Crippen molar-refractivity contribution in [1.29, 1.82) is 0 Å². The summed E-state index contributed by atoms with van der Waals surface area (Å²) < 4.78 is 2.07. The SMILES string of the molecule is Cl.NNc1nc2ccccc2n1Cc1ccccc1. The first kappa shape index (κ1) is 13.4. The lowest BCUT2D eigenvalue weighted by Gasteiger charge is -2.08. The first-order valence-corrected chi connectivity index (χ1v) is 5.84. The number of nitrogens with zero attached hydrogens (tertiary/aromatic N) is 2. The van der Waals surface area contributed by atoms with Crippen LogP contribution in [0.25, 0.3) is 11.0 Å². The summed E-state index contributed by atoms with van der Waals surface area (Å²) in [5.74, 6) is 6.22. The van der Waals surface area contributed by atoms with Crippen LogP contribution in [0.3, 0.4) is 0 Å². The molecule has 3 rings (SSSR count). The number of fused-ring (bicyclic) bond motifs is 1. The maximum Gasteiger partial charge on any atom is 0.218 e. The summed E-state index contributed by atoms with van der Waals surface area (Å²) in [6, 6.07) is 18.3. The molecule has 0 aliphatic rings. The first-order valence-electron chi connectivity index (χ1n) is 5.84. The zero-order chi connectivity index (χ0) is 12.4. The zero-order valence-corrected chi connectivity index (χ0v) is 11.1. The highest BCUT2D eigenvalue weighted by Crippen LogP contribution is 2.20. The quantitative estimate of drug-likeness (QED) is 0.570. The smallest absolute Gasteiger partial charge is 0.218 e. The molecule has 1 heterocycles. The number of benzene rings is 2. The van der Waals surface area contributed by atoms with Crippen LogP contribution < -0.4 is 11.3 Å². The normalized spacial score (nSPS) is 10.2. The van der Waals surface area contributed by atoms with E-state index in [1.165, 1.54) is 5.56 Å². The average Bonchev–Trinajstić information content (AvgIpc) is 2.78. The minimum absolute atomic E-state index is 0. The maximum absolute atomic E-state index is 5.53. The second-order valence-electron chi connectivity index (χ2n) is 4.14. The Morgan fingerprint density at radius 3 is 2.42 bits per heavy atom. The van der Waals surface area contributed by atoms with E-state index >= 15 is 0 Å². The van der Waals surface area contributed by atoms with Gasteiger partial charge in [-0.2, -0.15) is 0 Å². The van der Waals surface area contributed by atoms with Crippen LogP contribution in [-0.2, 0) is 6.54 Å². The number of imidazole rings is 1. The summed E-state index contributed by atoms with van der Waals surface area (Å²) in [6.07, 6.45) is 0. The number of hydrogen-bond donors (Lipinski definition) is 2. The Kier molecular flexibility index (Phi) is 4.04. The van der Waals surface area contributed by atoms with Gasteiger partial charge in [0.15, 0.2) is 0 Å². The van der Waals surface area contributed by atoms with Crippen molar-refractivity contribution >= 4 is 29.4 Å². The molecule has 0 saturated carbocycles. The molecular formula is C14H15ClN4. The lowest BCUT2D eigenvalue weighted by Crippen LogP contribution is -2.13. The van der Waals surface area contributed by atoms with E-state index in [9.17, 15) is 0 Å². The lowest BCUT2D eigenvalue weighted by atomic mass is 10.2. The van der Waals surface area contributed by atoms with Gasteiger partial charge in [0.25, 0.3) is 0 Å². The van der Waals surface area contributed by atoms with Gasteiger partial charge in [-0.05, 0) is 17.7 Å². The molecule has 0 atom stereocenters. The molecule has 4 nitrogen and oxygen atoms in total. The molecule has 0 unspecified atom stereocenters. The minimum atomic E-state index is 0. The molecular weight excluding hydrogens is 260 g/mol. The third-order valence-corrected chi connectivity index (χ3v) is 2.97. The Labute approximate surface area is 117 Å². The number of anilines is 1. The van der Waals surface area contributed by atoms with E-state index < -0.39 is 0 Å². The molecule has 0 aliphatic carbocycles. The molecule has 2 aromatic carbocycles. The molecule has 0 fully saturated rings. The molecule has 0 amide bonds. The van der Waals surface area contributed by atoms with E-state index in [2.05, 4.69) is 27.1 Å². The number of hydrazine groups is 1. The van der Waals surface area contributed by atoms with Gasteiger partial charge in [-0.15, -0.1) is 12.4 Å². The fourth-order valence-electron chi connectivity index (χ4n) is 2.11. The van der Waals surface area contributed by atoms with Crippen LogP contribution in [0.5, 0.6) is 0 Å². The van der Waals surface area contributed by atoms with Crippen molar-refractivity contribution in [3.63, 3.8) is 0 Å². The van der Waals surface area contributed by atoms with E-state index in [-0.39, 0.29) is 12.4 Å². The summed E-state index contributed by atoms with van der Waals surface area (Å²) in [7, 11) is 0. The van der Waals surface area contributed by atoms with Crippen LogP contribution in [0.4, 0.5) is 5.95 Å². The van der Waals surface area contributed by atoms with E-state index in [0.29, 0.717) is 5.95 Å². The average molecular weight is 275 g/mol. The first-order chi connectivity index (χ1) is 8.88. The monoisotopic (exact) mass is 274 g/mol. The fourth-order valence-corrected chi connectivity index (χ4v) is 2.11. The topological polar surface area (TPSA) is 55.9 Å². The van der Waals surface area contributed by atoms with Gasteiger partial charge in [0, 0.05) is 0 Å². The Bertz CT molecular complexity index is 664. The highest BCUT2D eigenvalue weighted by atomic mass is 35.5. The van der Waals surface area contributed by atoms with Crippen molar-refractivity contribution in [3.05, 3.63) is 60.2 Å². The summed E-state index contributed by atoms with van der Waals surface area (Å²) in [4.78, 5) is 4.45. The molecule has 1 aromatic heterocycles. The molecule has 0 saturated heterocycles. The molecule has 0 aliphatic heterocycles. The molecule has 0 radical (unpaired) electrons. The number of para-hydroxylation sites is 2. The Morgan fingerprint density at radius 1 is 1.00 bits per heavy atom. The fraction of sp³-hybridized carbons (Fsp3) is 0.0714. The summed E-state index contributed by atoms with van der Waals surface area (Å²) >= 11 is 0. The highest BCUT2D eigenvalue weighted by Gasteiger charge is 2.09. The van der Waals surface area contributed by atoms with Gasteiger partial charge >= 0.3 is 0 Å². The molecule has 5 heteroatoms. The van der Waals surface area contributed by atoms with E-state index in [1.807, 2.05) is 42.5 Å². The lowest BCUT2D eigenvalue weighted by molar-refractivity contribution is 0.827. The molecule has 19 heavy (non-hydrogen) atoms. The molecule has 3 N–H and O–H groups in total. The minimum Gasteiger partial charge on any atom is -0.305 e. The van der Waals surface area contributed by atoms with Crippen LogP contribution in [0.1, 0.15) is 5.56 Å². The third-order valence-electron chi connectivity index (χ3n) is 2.97. The largest absolute Gasteiger partial charge is 0.305 e. The number of nitrogens with one attached hydrogen (secondary N) is 1. The van der Waals surface area contributed by atoms with Crippen LogP contribution in [0.2, 0.25) is 0 Å². The van der Waals surface area contributed by atoms with E-state index in [1.54, 1.807) is 0 Å². The number of aromatic nitrogens is 2. The van der Waals surface area contributed by atoms with Gasteiger partial charge in [-0.1, -0.05) is 42.5 Å². The number of rotatable bonds is 3. The second-order valence-corrected chi connectivity index (χ2v) is 4.14. The highest BCUT2D eigenvalue weighted by molar-refractivity contribution is 5.85. The van der Waals surface area contributed by atoms with Crippen LogP contribution >= 0.6 is 12.4 Å². The molecule has 0 bridgehead atoms. The molecule has 0 spiro atoms. The number of nitrogen functional groups attached to an aromatic ring is 1. The predicted octanol–water partition coefficient (Wildman–Crippen LogP) is 2.79. The zero-order valence-electron chi connectivity index (χ0n) is 10.3. The molecule has 3 aromatic rings. The van der Waals surface area contributed by atoms with Crippen LogP contribution in [0, 0.1) is 0 Å². The second kappa shape index (κ2) is 5.73. The van der Waals surface area contributed by atoms with Crippen molar-refractivity contribution in [2.24, 2.45) is 5.84 Å². The van der Waals surface area contributed by atoms with Crippen molar-refractivity contribution < 1.29 is 0 Å². The van der Waals surface area contributed by atoms with Crippen molar-refractivity contribution in [2.75, 3.05) is 5.43 Å². The Balaban J connectivity index is 0.00000133. The number of halogens is 1. The number of hydrogen-bond acceptors (Lipinski definition) is 3. The van der Waals surface area contributed by atoms with Gasteiger partial charge in [0.1, 0.15) is 0 Å². The van der Waals surface area contributed by atoms with Crippen molar-refractivity contribution in [2.45, 2.75) is 6.54 Å². The Morgan fingerprint density at radius 2 is 1.68 bits per heavy atom. The van der Waals surface area contributed by atoms with Gasteiger partial charge in [-0.3, -0.25) is 5.43 Å². The summed E-state index contributed by atoms with van der Waals surface area (Å²) in [5.41, 5.74) is 5.90. The van der Waals surface area contributed by atoms with Crippen molar-refractivity contribution in [3.8, 4) is 0 Å². The number of nitrogens with two attached hydrogens (primary N) is 1.